The van der Waals surface area contributed by atoms with E-state index >= 15 is 0 Å². The topological polar surface area (TPSA) is 95.7 Å². The van der Waals surface area contributed by atoms with E-state index in [1.165, 1.54) is 0 Å². The zero-order chi connectivity index (χ0) is 19.4. The summed E-state index contributed by atoms with van der Waals surface area (Å²) in [6.07, 6.45) is 1.58. The Morgan fingerprint density at radius 3 is 2.59 bits per heavy atom. The Balaban J connectivity index is 1.62. The molecule has 0 unspecified atom stereocenters. The van der Waals surface area contributed by atoms with Crippen LogP contribution in [0.15, 0.2) is 42.5 Å². The molecular formula is C21H25N3O3. The number of rotatable bonds is 5. The second-order valence-corrected chi connectivity index (χ2v) is 7.13. The number of primary amides is 1. The van der Waals surface area contributed by atoms with Crippen molar-refractivity contribution in [3.8, 4) is 5.75 Å². The number of piperidine rings is 1. The van der Waals surface area contributed by atoms with E-state index in [9.17, 15) is 14.7 Å². The van der Waals surface area contributed by atoms with Crippen molar-refractivity contribution in [2.45, 2.75) is 26.3 Å². The molecule has 27 heavy (non-hydrogen) atoms. The molecule has 6 nitrogen and oxygen atoms in total. The summed E-state index contributed by atoms with van der Waals surface area (Å²) in [6, 6.07) is 12.7. The van der Waals surface area contributed by atoms with Gasteiger partial charge >= 0.3 is 0 Å². The molecule has 2 amide bonds. The number of aromatic hydroxyl groups is 1. The molecule has 0 aliphatic carbocycles. The lowest BCUT2D eigenvalue weighted by Gasteiger charge is -2.30. The smallest absolute Gasteiger partial charge is 0.259 e. The van der Waals surface area contributed by atoms with Crippen LogP contribution in [0.2, 0.25) is 0 Å². The Labute approximate surface area is 159 Å². The molecule has 0 radical (unpaired) electrons. The number of likely N-dealkylation sites (tertiary alicyclic amines) is 1. The van der Waals surface area contributed by atoms with E-state index in [1.807, 2.05) is 31.2 Å². The van der Waals surface area contributed by atoms with Crippen molar-refractivity contribution in [2.75, 3.05) is 18.4 Å². The summed E-state index contributed by atoms with van der Waals surface area (Å²) in [7, 11) is 0. The first-order chi connectivity index (χ1) is 12.9. The summed E-state index contributed by atoms with van der Waals surface area (Å²) in [4.78, 5) is 26.0. The van der Waals surface area contributed by atoms with Gasteiger partial charge in [-0.25, -0.2) is 0 Å². The van der Waals surface area contributed by atoms with Crippen LogP contribution >= 0.6 is 0 Å². The van der Waals surface area contributed by atoms with Crippen molar-refractivity contribution in [1.29, 1.82) is 0 Å². The van der Waals surface area contributed by atoms with E-state index in [1.54, 1.807) is 18.2 Å². The van der Waals surface area contributed by atoms with Crippen molar-refractivity contribution in [1.82, 2.24) is 4.90 Å². The van der Waals surface area contributed by atoms with Gasteiger partial charge in [-0.3, -0.25) is 14.5 Å². The summed E-state index contributed by atoms with van der Waals surface area (Å²) < 4.78 is 0. The van der Waals surface area contributed by atoms with Crippen molar-refractivity contribution >= 4 is 17.5 Å². The number of hydrogen-bond acceptors (Lipinski definition) is 4. The summed E-state index contributed by atoms with van der Waals surface area (Å²) in [6.45, 7) is 4.28. The number of nitrogens with zero attached hydrogens (tertiary/aromatic N) is 1. The molecule has 0 bridgehead atoms. The van der Waals surface area contributed by atoms with Gasteiger partial charge in [0.05, 0.1) is 5.56 Å². The number of nitrogens with one attached hydrogen (secondary N) is 1. The first-order valence-corrected chi connectivity index (χ1v) is 9.14. The van der Waals surface area contributed by atoms with E-state index < -0.39 is 0 Å². The van der Waals surface area contributed by atoms with Gasteiger partial charge in [0.15, 0.2) is 0 Å². The molecule has 1 aliphatic heterocycles. The number of aryl methyl sites for hydroxylation is 1. The number of phenols is 1. The van der Waals surface area contributed by atoms with Gasteiger partial charge in [-0.05, 0) is 68.2 Å². The SMILES string of the molecule is Cc1ccc(C(=O)Nc2cccc(CN3CCC(C(N)=O)CC3)c2)c(O)c1. The Bertz CT molecular complexity index is 842. The van der Waals surface area contributed by atoms with E-state index in [2.05, 4.69) is 10.2 Å². The molecule has 0 atom stereocenters. The second kappa shape index (κ2) is 8.22. The molecule has 6 heteroatoms. The summed E-state index contributed by atoms with van der Waals surface area (Å²) >= 11 is 0. The molecule has 1 fully saturated rings. The number of carbonyl (C=O) groups is 2. The maximum absolute atomic E-state index is 12.4. The molecule has 0 spiro atoms. The Morgan fingerprint density at radius 2 is 1.93 bits per heavy atom. The fraction of sp³-hybridized carbons (Fsp3) is 0.333. The number of hydrogen-bond donors (Lipinski definition) is 3. The zero-order valence-corrected chi connectivity index (χ0v) is 15.4. The number of amides is 2. The Hall–Kier alpha value is -2.86. The van der Waals surface area contributed by atoms with Crippen molar-refractivity contribution < 1.29 is 14.7 Å². The quantitative estimate of drug-likeness (QED) is 0.757. The molecule has 4 N–H and O–H groups in total. The van der Waals surface area contributed by atoms with Crippen LogP contribution in [0.1, 0.15) is 34.3 Å². The maximum Gasteiger partial charge on any atom is 0.259 e. The number of benzene rings is 2. The van der Waals surface area contributed by atoms with Crippen LogP contribution in [-0.4, -0.2) is 34.9 Å². The third-order valence-corrected chi connectivity index (χ3v) is 4.98. The van der Waals surface area contributed by atoms with Gasteiger partial charge in [0, 0.05) is 18.2 Å². The number of nitrogens with two attached hydrogens (primary N) is 1. The first-order valence-electron chi connectivity index (χ1n) is 9.14. The molecule has 142 valence electrons. The fourth-order valence-corrected chi connectivity index (χ4v) is 3.41. The highest BCUT2D eigenvalue weighted by Gasteiger charge is 2.23. The van der Waals surface area contributed by atoms with Crippen LogP contribution in [0.5, 0.6) is 5.75 Å². The molecule has 0 saturated carbocycles. The van der Waals surface area contributed by atoms with Crippen LogP contribution in [0, 0.1) is 12.8 Å². The predicted molar refractivity (Wildman–Crippen MR) is 104 cm³/mol. The first kappa shape index (κ1) is 18.9. The van der Waals surface area contributed by atoms with E-state index in [0.717, 1.165) is 43.6 Å². The van der Waals surface area contributed by atoms with Gasteiger partial charge < -0.3 is 16.2 Å². The maximum atomic E-state index is 12.4. The lowest BCUT2D eigenvalue weighted by molar-refractivity contribution is -0.123. The molecule has 3 rings (SSSR count). The molecular weight excluding hydrogens is 342 g/mol. The van der Waals surface area contributed by atoms with E-state index in [0.29, 0.717) is 5.69 Å². The van der Waals surface area contributed by atoms with Gasteiger partial charge in [0.2, 0.25) is 5.91 Å². The molecule has 2 aromatic rings. The van der Waals surface area contributed by atoms with Crippen molar-refractivity contribution in [3.05, 3.63) is 59.2 Å². The zero-order valence-electron chi connectivity index (χ0n) is 15.4. The van der Waals surface area contributed by atoms with E-state index in [-0.39, 0.29) is 29.0 Å². The average Bonchev–Trinajstić information content (AvgIpc) is 2.62. The van der Waals surface area contributed by atoms with Gasteiger partial charge in [0.1, 0.15) is 5.75 Å². The highest BCUT2D eigenvalue weighted by atomic mass is 16.3. The second-order valence-electron chi connectivity index (χ2n) is 7.13. The normalized spacial score (nSPS) is 15.4. The molecule has 1 aliphatic rings. The van der Waals surface area contributed by atoms with Gasteiger partial charge in [0.25, 0.3) is 5.91 Å². The van der Waals surface area contributed by atoms with E-state index in [4.69, 9.17) is 5.73 Å². The number of carbonyl (C=O) groups excluding carboxylic acids is 2. The monoisotopic (exact) mass is 367 g/mol. The number of anilines is 1. The van der Waals surface area contributed by atoms with Gasteiger partial charge in [-0.2, -0.15) is 0 Å². The van der Waals surface area contributed by atoms with Crippen LogP contribution < -0.4 is 11.1 Å². The minimum atomic E-state index is -0.341. The van der Waals surface area contributed by atoms with Crippen LogP contribution in [0.25, 0.3) is 0 Å². The Morgan fingerprint density at radius 1 is 1.19 bits per heavy atom. The predicted octanol–water partition coefficient (Wildman–Crippen LogP) is 2.65. The van der Waals surface area contributed by atoms with Crippen LogP contribution in [0.3, 0.4) is 0 Å². The van der Waals surface area contributed by atoms with Crippen molar-refractivity contribution in [2.24, 2.45) is 11.7 Å². The summed E-state index contributed by atoms with van der Waals surface area (Å²) in [5.74, 6) is -0.597. The third kappa shape index (κ3) is 4.86. The summed E-state index contributed by atoms with van der Waals surface area (Å²) in [5, 5.41) is 12.8. The molecule has 0 aromatic heterocycles. The minimum Gasteiger partial charge on any atom is -0.507 e. The molecule has 1 heterocycles. The lowest BCUT2D eigenvalue weighted by Crippen LogP contribution is -2.38. The van der Waals surface area contributed by atoms with Gasteiger partial charge in [-0.15, -0.1) is 0 Å². The third-order valence-electron chi connectivity index (χ3n) is 4.98. The molecule has 2 aromatic carbocycles. The van der Waals surface area contributed by atoms with Crippen molar-refractivity contribution in [3.63, 3.8) is 0 Å². The fourth-order valence-electron chi connectivity index (χ4n) is 3.41. The highest BCUT2D eigenvalue weighted by Crippen LogP contribution is 2.22. The average molecular weight is 367 g/mol. The number of phenolic OH excluding ortho intramolecular Hbond substituents is 1. The largest absolute Gasteiger partial charge is 0.507 e. The highest BCUT2D eigenvalue weighted by molar-refractivity contribution is 6.06. The standard InChI is InChI=1S/C21H25N3O3/c1-14-5-6-18(19(25)11-14)21(27)23-17-4-2-3-15(12-17)13-24-9-7-16(8-10-24)20(22)26/h2-6,11-12,16,25H,7-10,13H2,1H3,(H2,22,26)(H,23,27). The van der Waals surface area contributed by atoms with Crippen LogP contribution in [0.4, 0.5) is 5.69 Å². The van der Waals surface area contributed by atoms with Gasteiger partial charge in [-0.1, -0.05) is 18.2 Å². The lowest BCUT2D eigenvalue weighted by atomic mass is 9.96. The minimum absolute atomic E-state index is 0.0194. The molecule has 1 saturated heterocycles. The Kier molecular flexibility index (Phi) is 5.76. The van der Waals surface area contributed by atoms with Crippen LogP contribution in [-0.2, 0) is 11.3 Å². The summed E-state index contributed by atoms with van der Waals surface area (Å²) in [5.41, 5.74) is 8.29.